The van der Waals surface area contributed by atoms with E-state index in [1.54, 1.807) is 28.9 Å². The minimum absolute atomic E-state index is 0.0956. The van der Waals surface area contributed by atoms with E-state index in [2.05, 4.69) is 25.9 Å². The number of anilines is 3. The molecule has 15 heteroatoms. The third-order valence-electron chi connectivity index (χ3n) is 5.68. The van der Waals surface area contributed by atoms with Crippen LogP contribution in [-0.2, 0) is 9.53 Å². The number of pyridine rings is 1. The highest BCUT2D eigenvalue weighted by molar-refractivity contribution is 7.12. The first-order valence-corrected chi connectivity index (χ1v) is 12.9. The maximum Gasteiger partial charge on any atom is 0.369 e. The molecule has 1 fully saturated rings. The minimum atomic E-state index is -3.47. The Bertz CT molecular complexity index is 1400. The Hall–Kier alpha value is -4.15. The van der Waals surface area contributed by atoms with E-state index in [1.165, 1.54) is 20.3 Å². The van der Waals surface area contributed by atoms with Gasteiger partial charge in [0.15, 0.2) is 10.8 Å². The highest BCUT2D eigenvalue weighted by Gasteiger charge is 2.30. The number of hydrogen-bond acceptors (Lipinski definition) is 12. The molecule has 4 rings (SSSR count). The van der Waals surface area contributed by atoms with Crippen LogP contribution in [0.15, 0.2) is 35.8 Å². The molecule has 1 aliphatic carbocycles. The summed E-state index contributed by atoms with van der Waals surface area (Å²) in [6.07, 6.45) is -0.805. The molecule has 0 atom stereocenters. The van der Waals surface area contributed by atoms with E-state index >= 15 is 0 Å². The average molecular weight is 573 g/mol. The molecule has 0 spiro atoms. The van der Waals surface area contributed by atoms with Crippen molar-refractivity contribution in [2.45, 2.75) is 18.9 Å². The number of carbonyl (C=O) groups is 3. The molecule has 1 aromatic carbocycles. The Morgan fingerprint density at radius 3 is 2.58 bits per heavy atom. The zero-order chi connectivity index (χ0) is 28.9. The van der Waals surface area contributed by atoms with Gasteiger partial charge in [0, 0.05) is 42.8 Å². The molecule has 1 saturated carbocycles. The predicted octanol–water partition coefficient (Wildman–Crippen LogP) is 1.00. The summed E-state index contributed by atoms with van der Waals surface area (Å²) in [6, 6.07) is 6.49. The maximum absolute atomic E-state index is 12.7. The Morgan fingerprint density at radius 2 is 1.90 bits per heavy atom. The number of nitrogens with zero attached hydrogens (tertiary/aromatic N) is 2. The lowest BCUT2D eigenvalue weighted by Gasteiger charge is -2.19. The summed E-state index contributed by atoms with van der Waals surface area (Å²) in [6.45, 7) is 0.699. The number of rotatable bonds is 12. The average Bonchev–Trinajstić information content (AvgIpc) is 3.64. The Kier molecular flexibility index (Phi) is 8.91. The first-order chi connectivity index (χ1) is 19.1. The number of methoxy groups -OCH3 is 2. The minimum Gasteiger partial charge on any atom is -0.494 e. The van der Waals surface area contributed by atoms with Crippen molar-refractivity contribution >= 4 is 46.3 Å². The summed E-state index contributed by atoms with van der Waals surface area (Å²) in [7, 11) is 2.97. The maximum atomic E-state index is 12.7. The van der Waals surface area contributed by atoms with Crippen molar-refractivity contribution in [3.05, 3.63) is 46.4 Å². The van der Waals surface area contributed by atoms with Crippen LogP contribution in [0.25, 0.3) is 11.3 Å². The van der Waals surface area contributed by atoms with Crippen LogP contribution in [0, 0.1) is 5.92 Å². The molecule has 0 bridgehead atoms. The van der Waals surface area contributed by atoms with Gasteiger partial charge in [-0.2, -0.15) is 0 Å². The number of para-hydroxylation sites is 1. The van der Waals surface area contributed by atoms with Crippen molar-refractivity contribution in [1.29, 1.82) is 0 Å². The predicted molar refractivity (Wildman–Crippen MR) is 144 cm³/mol. The number of thiazole rings is 1. The molecule has 7 N–H and O–H groups in total. The lowest BCUT2D eigenvalue weighted by atomic mass is 10.1. The molecule has 14 nitrogen and oxygen atoms in total. The molecule has 1 aliphatic rings. The fourth-order valence-corrected chi connectivity index (χ4v) is 4.38. The summed E-state index contributed by atoms with van der Waals surface area (Å²) in [5, 5.41) is 39.7. The van der Waals surface area contributed by atoms with Gasteiger partial charge in [0.05, 0.1) is 36.3 Å². The van der Waals surface area contributed by atoms with Crippen LogP contribution in [0.2, 0.25) is 0 Å². The van der Waals surface area contributed by atoms with Gasteiger partial charge in [-0.05, 0) is 25.0 Å². The summed E-state index contributed by atoms with van der Waals surface area (Å²) < 4.78 is 10.6. The van der Waals surface area contributed by atoms with Crippen LogP contribution < -0.4 is 26.0 Å². The highest BCUT2D eigenvalue weighted by Crippen LogP contribution is 2.39. The van der Waals surface area contributed by atoms with Gasteiger partial charge in [0.1, 0.15) is 5.82 Å². The third-order valence-corrected chi connectivity index (χ3v) is 6.52. The van der Waals surface area contributed by atoms with Gasteiger partial charge in [-0.1, -0.05) is 6.07 Å². The Balaban J connectivity index is 1.66. The first-order valence-electron chi connectivity index (χ1n) is 12.1. The smallest absolute Gasteiger partial charge is 0.369 e. The van der Waals surface area contributed by atoms with E-state index in [1.807, 2.05) is 0 Å². The van der Waals surface area contributed by atoms with Gasteiger partial charge in [-0.15, -0.1) is 11.3 Å². The quantitative estimate of drug-likeness (QED) is 0.120. The second-order valence-electron chi connectivity index (χ2n) is 8.77. The molecule has 0 saturated heterocycles. The van der Waals surface area contributed by atoms with E-state index in [-0.39, 0.29) is 39.8 Å². The SMILES string of the molecule is COCCNC(=O)c1nc(-c2cccc(Nc3cc(NC(=O)C4CC4)ncc3C(=O)NC(O)(O)O)c2OC)cs1. The standard InChI is InChI=1S/C25H28N6O8S/c1-38-9-8-26-23(34)24-29-18(12-40-24)14-4-3-5-16(20(14)39-2)28-17-10-19(30-21(32)13-6-7-13)27-11-15(17)22(33)31-25(35,36)37/h3-5,10-13,35-37H,6-9H2,1-2H3,(H,26,34)(H,31,33)(H2,27,28,30,32). The van der Waals surface area contributed by atoms with E-state index < -0.39 is 12.0 Å². The summed E-state index contributed by atoms with van der Waals surface area (Å²) >= 11 is 1.15. The second kappa shape index (κ2) is 12.4. The number of aliphatic hydroxyl groups is 3. The summed E-state index contributed by atoms with van der Waals surface area (Å²) in [5.41, 5.74) is 1.32. The molecule has 0 radical (unpaired) electrons. The van der Waals surface area contributed by atoms with Crippen molar-refractivity contribution in [1.82, 2.24) is 20.6 Å². The lowest BCUT2D eigenvalue weighted by Crippen LogP contribution is -2.48. The topological polar surface area (TPSA) is 204 Å². The third kappa shape index (κ3) is 7.28. The van der Waals surface area contributed by atoms with Crippen molar-refractivity contribution in [2.24, 2.45) is 5.92 Å². The van der Waals surface area contributed by atoms with Gasteiger partial charge < -0.3 is 40.7 Å². The van der Waals surface area contributed by atoms with Crippen LogP contribution in [0.1, 0.15) is 33.0 Å². The molecule has 3 aromatic rings. The van der Waals surface area contributed by atoms with E-state index in [9.17, 15) is 29.7 Å². The largest absolute Gasteiger partial charge is 0.494 e. The summed E-state index contributed by atoms with van der Waals surface area (Å²) in [4.78, 5) is 45.8. The van der Waals surface area contributed by atoms with Crippen molar-refractivity contribution in [3.8, 4) is 17.0 Å². The molecule has 2 heterocycles. The van der Waals surface area contributed by atoms with Gasteiger partial charge in [-0.3, -0.25) is 19.7 Å². The monoisotopic (exact) mass is 572 g/mol. The van der Waals surface area contributed by atoms with Crippen molar-refractivity contribution in [3.63, 3.8) is 0 Å². The Labute approximate surface area is 232 Å². The van der Waals surface area contributed by atoms with E-state index in [0.717, 1.165) is 30.4 Å². The van der Waals surface area contributed by atoms with Crippen LogP contribution in [0.4, 0.5) is 17.2 Å². The fraction of sp³-hybridized carbons (Fsp3) is 0.320. The molecule has 3 amide bonds. The van der Waals surface area contributed by atoms with Crippen LogP contribution in [0.5, 0.6) is 5.75 Å². The molecular formula is C25H28N6O8S. The fourth-order valence-electron chi connectivity index (χ4n) is 3.65. The molecule has 0 unspecified atom stereocenters. The zero-order valence-corrected chi connectivity index (χ0v) is 22.4. The number of benzene rings is 1. The van der Waals surface area contributed by atoms with Crippen LogP contribution >= 0.6 is 11.3 Å². The zero-order valence-electron chi connectivity index (χ0n) is 21.6. The molecular weight excluding hydrogens is 544 g/mol. The number of aromatic nitrogens is 2. The molecule has 212 valence electrons. The molecule has 2 aromatic heterocycles. The van der Waals surface area contributed by atoms with Crippen molar-refractivity contribution in [2.75, 3.05) is 38.0 Å². The number of amides is 3. The second-order valence-corrected chi connectivity index (χ2v) is 9.62. The van der Waals surface area contributed by atoms with Gasteiger partial charge >= 0.3 is 6.10 Å². The number of carbonyl (C=O) groups excluding carboxylic acids is 3. The van der Waals surface area contributed by atoms with Crippen molar-refractivity contribution < 1.29 is 39.2 Å². The van der Waals surface area contributed by atoms with E-state index in [4.69, 9.17) is 9.47 Å². The number of nitrogens with one attached hydrogen (secondary N) is 4. The number of hydrogen-bond donors (Lipinski definition) is 7. The first kappa shape index (κ1) is 28.8. The van der Waals surface area contributed by atoms with E-state index in [0.29, 0.717) is 35.8 Å². The highest BCUT2D eigenvalue weighted by atomic mass is 32.1. The van der Waals surface area contributed by atoms with Crippen LogP contribution in [0.3, 0.4) is 0 Å². The molecule has 0 aliphatic heterocycles. The van der Waals surface area contributed by atoms with Gasteiger partial charge in [0.25, 0.3) is 11.8 Å². The normalized spacial score (nSPS) is 12.9. The molecule has 40 heavy (non-hydrogen) atoms. The lowest BCUT2D eigenvalue weighted by molar-refractivity contribution is -0.323. The van der Waals surface area contributed by atoms with Crippen LogP contribution in [-0.4, -0.2) is 76.5 Å². The summed E-state index contributed by atoms with van der Waals surface area (Å²) in [5.74, 6) is -1.24. The van der Waals surface area contributed by atoms with Gasteiger partial charge in [0.2, 0.25) is 5.91 Å². The van der Waals surface area contributed by atoms with Gasteiger partial charge in [-0.25, -0.2) is 9.97 Å². The number of ether oxygens (including phenoxy) is 2. The Morgan fingerprint density at radius 1 is 1.12 bits per heavy atom.